The monoisotopic (exact) mass is 308 g/mol. The number of benzene rings is 2. The van der Waals surface area contributed by atoms with E-state index in [2.05, 4.69) is 15.2 Å². The van der Waals surface area contributed by atoms with E-state index in [4.69, 9.17) is 9.15 Å². The van der Waals surface area contributed by atoms with Gasteiger partial charge in [0, 0.05) is 12.1 Å². The normalized spacial score (nSPS) is 11.0. The molecule has 0 bridgehead atoms. The number of hydrogen-bond acceptors (Lipinski definition) is 6. The number of nitrogens with zero attached hydrogens (tertiary/aromatic N) is 4. The van der Waals surface area contributed by atoms with E-state index in [-0.39, 0.29) is 5.75 Å². The standard InChI is InChI=1S/C16H12N4O3/c1-22-11-3-5-15-13(7-11)19-16(23-15)12-4-2-10(6-14(12)21)20-8-17-18-9-20/h2-9,21H,1H3. The minimum atomic E-state index is 0.0646. The van der Waals surface area contributed by atoms with Crippen molar-refractivity contribution < 1.29 is 14.3 Å². The van der Waals surface area contributed by atoms with Crippen LogP contribution in [0.3, 0.4) is 0 Å². The third kappa shape index (κ3) is 2.28. The summed E-state index contributed by atoms with van der Waals surface area (Å²) in [6.45, 7) is 0. The predicted octanol–water partition coefficient (Wildman–Crippen LogP) is 2.79. The predicted molar refractivity (Wildman–Crippen MR) is 82.6 cm³/mol. The molecule has 0 aliphatic carbocycles. The van der Waals surface area contributed by atoms with Crippen LogP contribution < -0.4 is 4.74 Å². The largest absolute Gasteiger partial charge is 0.507 e. The van der Waals surface area contributed by atoms with Crippen LogP contribution in [-0.4, -0.2) is 32.0 Å². The summed E-state index contributed by atoms with van der Waals surface area (Å²) >= 11 is 0. The SMILES string of the molecule is COc1ccc2oc(-c3ccc(-n4cnnc4)cc3O)nc2c1. The number of aromatic nitrogens is 4. The second kappa shape index (κ2) is 5.13. The van der Waals surface area contributed by atoms with E-state index in [1.165, 1.54) is 0 Å². The number of rotatable bonds is 3. The third-order valence-corrected chi connectivity index (χ3v) is 3.52. The smallest absolute Gasteiger partial charge is 0.231 e. The summed E-state index contributed by atoms with van der Waals surface area (Å²) in [4.78, 5) is 4.41. The van der Waals surface area contributed by atoms with Crippen LogP contribution in [0.4, 0.5) is 0 Å². The highest BCUT2D eigenvalue weighted by molar-refractivity contribution is 5.79. The maximum Gasteiger partial charge on any atom is 0.231 e. The summed E-state index contributed by atoms with van der Waals surface area (Å²) in [5.41, 5.74) is 2.55. The highest BCUT2D eigenvalue weighted by atomic mass is 16.5. The summed E-state index contributed by atoms with van der Waals surface area (Å²) in [6.07, 6.45) is 3.11. The first-order valence-corrected chi connectivity index (χ1v) is 6.87. The second-order valence-electron chi connectivity index (χ2n) is 4.92. The zero-order valence-corrected chi connectivity index (χ0v) is 12.2. The molecule has 114 valence electrons. The first kappa shape index (κ1) is 13.3. The zero-order chi connectivity index (χ0) is 15.8. The van der Waals surface area contributed by atoms with Gasteiger partial charge in [-0.1, -0.05) is 0 Å². The molecule has 7 nitrogen and oxygen atoms in total. The van der Waals surface area contributed by atoms with Crippen LogP contribution in [0.15, 0.2) is 53.5 Å². The number of phenolic OH excluding ortho intramolecular Hbond substituents is 1. The molecule has 0 saturated heterocycles. The van der Waals surface area contributed by atoms with Gasteiger partial charge in [0.15, 0.2) is 5.58 Å². The molecule has 0 saturated carbocycles. The van der Waals surface area contributed by atoms with Crippen LogP contribution in [0.2, 0.25) is 0 Å². The maximum absolute atomic E-state index is 10.3. The van der Waals surface area contributed by atoms with Gasteiger partial charge in [-0.05, 0) is 24.3 Å². The Balaban J connectivity index is 1.78. The summed E-state index contributed by atoms with van der Waals surface area (Å²) in [5.74, 6) is 1.11. The van der Waals surface area contributed by atoms with Crippen LogP contribution in [0.5, 0.6) is 11.5 Å². The molecular weight excluding hydrogens is 296 g/mol. The Kier molecular flexibility index (Phi) is 2.97. The van der Waals surface area contributed by atoms with E-state index in [1.807, 2.05) is 6.07 Å². The van der Waals surface area contributed by atoms with Crippen LogP contribution in [-0.2, 0) is 0 Å². The Hall–Kier alpha value is -3.35. The molecule has 4 rings (SSSR count). The Labute approximate surface area is 130 Å². The van der Waals surface area contributed by atoms with Gasteiger partial charge < -0.3 is 14.3 Å². The summed E-state index contributed by atoms with van der Waals surface area (Å²) in [7, 11) is 1.59. The number of aromatic hydroxyl groups is 1. The fourth-order valence-corrected chi connectivity index (χ4v) is 2.34. The summed E-state index contributed by atoms with van der Waals surface area (Å²) < 4.78 is 12.6. The molecule has 0 fully saturated rings. The highest BCUT2D eigenvalue weighted by Crippen LogP contribution is 2.33. The Morgan fingerprint density at radius 1 is 1.09 bits per heavy atom. The molecule has 2 heterocycles. The molecule has 7 heteroatoms. The number of oxazole rings is 1. The lowest BCUT2D eigenvalue weighted by Crippen LogP contribution is -1.90. The first-order chi connectivity index (χ1) is 11.2. The van der Waals surface area contributed by atoms with Gasteiger partial charge in [0.05, 0.1) is 18.4 Å². The van der Waals surface area contributed by atoms with Crippen molar-refractivity contribution in [2.24, 2.45) is 0 Å². The van der Waals surface area contributed by atoms with Gasteiger partial charge in [0.1, 0.15) is 29.7 Å². The lowest BCUT2D eigenvalue weighted by atomic mass is 10.2. The molecule has 0 radical (unpaired) electrons. The fourth-order valence-electron chi connectivity index (χ4n) is 2.34. The number of hydrogen-bond donors (Lipinski definition) is 1. The molecule has 23 heavy (non-hydrogen) atoms. The van der Waals surface area contributed by atoms with E-state index in [0.717, 1.165) is 5.69 Å². The molecule has 0 spiro atoms. The average Bonchev–Trinajstić information content (AvgIpc) is 3.23. The van der Waals surface area contributed by atoms with Crippen molar-refractivity contribution in [2.75, 3.05) is 7.11 Å². The molecular formula is C16H12N4O3. The number of ether oxygens (including phenoxy) is 1. The van der Waals surface area contributed by atoms with Gasteiger partial charge in [0.2, 0.25) is 5.89 Å². The van der Waals surface area contributed by atoms with Crippen molar-refractivity contribution in [1.29, 1.82) is 0 Å². The molecule has 0 aliphatic heterocycles. The quantitative estimate of drug-likeness (QED) is 0.626. The lowest BCUT2D eigenvalue weighted by molar-refractivity contribution is 0.415. The van der Waals surface area contributed by atoms with Crippen molar-refractivity contribution >= 4 is 11.1 Å². The van der Waals surface area contributed by atoms with E-state index in [1.54, 1.807) is 54.7 Å². The Morgan fingerprint density at radius 3 is 2.65 bits per heavy atom. The number of methoxy groups -OCH3 is 1. The van der Waals surface area contributed by atoms with E-state index in [9.17, 15) is 5.11 Å². The van der Waals surface area contributed by atoms with Gasteiger partial charge in [-0.15, -0.1) is 10.2 Å². The van der Waals surface area contributed by atoms with Crippen LogP contribution in [0.25, 0.3) is 28.2 Å². The van der Waals surface area contributed by atoms with Crippen LogP contribution in [0, 0.1) is 0 Å². The van der Waals surface area contributed by atoms with E-state index >= 15 is 0 Å². The van der Waals surface area contributed by atoms with Crippen molar-refractivity contribution in [2.45, 2.75) is 0 Å². The van der Waals surface area contributed by atoms with Gasteiger partial charge in [0.25, 0.3) is 0 Å². The zero-order valence-electron chi connectivity index (χ0n) is 12.2. The third-order valence-electron chi connectivity index (χ3n) is 3.52. The maximum atomic E-state index is 10.3. The molecule has 0 aliphatic rings. The molecule has 0 amide bonds. The van der Waals surface area contributed by atoms with Crippen molar-refractivity contribution in [3.8, 4) is 28.6 Å². The molecule has 0 atom stereocenters. The Bertz CT molecular complexity index is 976. The summed E-state index contributed by atoms with van der Waals surface area (Å²) in [5, 5.41) is 17.8. The first-order valence-electron chi connectivity index (χ1n) is 6.87. The van der Waals surface area contributed by atoms with Crippen molar-refractivity contribution in [3.05, 3.63) is 49.1 Å². The highest BCUT2D eigenvalue weighted by Gasteiger charge is 2.13. The molecule has 2 aromatic carbocycles. The number of fused-ring (bicyclic) bond motifs is 1. The lowest BCUT2D eigenvalue weighted by Gasteiger charge is -2.04. The van der Waals surface area contributed by atoms with Gasteiger partial charge in [-0.2, -0.15) is 0 Å². The second-order valence-corrected chi connectivity index (χ2v) is 4.92. The fraction of sp³-hybridized carbons (Fsp3) is 0.0625. The molecule has 4 aromatic rings. The van der Waals surface area contributed by atoms with Crippen LogP contribution in [0.1, 0.15) is 0 Å². The molecule has 0 unspecified atom stereocenters. The number of phenols is 1. The van der Waals surface area contributed by atoms with Gasteiger partial charge >= 0.3 is 0 Å². The van der Waals surface area contributed by atoms with E-state index < -0.39 is 0 Å². The molecule has 2 aromatic heterocycles. The van der Waals surface area contributed by atoms with Gasteiger partial charge in [-0.25, -0.2) is 4.98 Å². The summed E-state index contributed by atoms with van der Waals surface area (Å²) in [6, 6.07) is 10.5. The van der Waals surface area contributed by atoms with Crippen molar-refractivity contribution in [3.63, 3.8) is 0 Å². The minimum Gasteiger partial charge on any atom is -0.507 e. The van der Waals surface area contributed by atoms with E-state index in [0.29, 0.717) is 28.3 Å². The topological polar surface area (TPSA) is 86.2 Å². The average molecular weight is 308 g/mol. The van der Waals surface area contributed by atoms with Crippen molar-refractivity contribution in [1.82, 2.24) is 19.7 Å². The van der Waals surface area contributed by atoms with Crippen LogP contribution >= 0.6 is 0 Å². The van der Waals surface area contributed by atoms with Gasteiger partial charge in [-0.3, -0.25) is 4.57 Å². The molecule has 1 N–H and O–H groups in total. The minimum absolute atomic E-state index is 0.0646. The Morgan fingerprint density at radius 2 is 1.91 bits per heavy atom.